The summed E-state index contributed by atoms with van der Waals surface area (Å²) >= 11 is 0. The van der Waals surface area contributed by atoms with Crippen LogP contribution in [0.1, 0.15) is 23.7 Å². The third kappa shape index (κ3) is 1.75. The number of aromatic nitrogens is 1. The average Bonchev–Trinajstić information content (AvgIpc) is 2.88. The van der Waals surface area contributed by atoms with Gasteiger partial charge in [0.2, 0.25) is 0 Å². The van der Waals surface area contributed by atoms with Crippen LogP contribution in [0.25, 0.3) is 0 Å². The number of aromatic hydroxyl groups is 1. The molecular formula is C13H17N3O2. The van der Waals surface area contributed by atoms with E-state index in [0.717, 1.165) is 19.5 Å². The van der Waals surface area contributed by atoms with Crippen molar-refractivity contribution in [1.82, 2.24) is 15.2 Å². The molecule has 2 aliphatic heterocycles. The van der Waals surface area contributed by atoms with Gasteiger partial charge in [-0.25, -0.2) is 0 Å². The number of carbonyl (C=O) groups is 1. The van der Waals surface area contributed by atoms with Crippen molar-refractivity contribution in [2.75, 3.05) is 13.1 Å². The van der Waals surface area contributed by atoms with Crippen molar-refractivity contribution < 1.29 is 9.90 Å². The molecule has 0 radical (unpaired) electrons. The normalized spacial score (nSPS) is 30.5. The molecule has 0 saturated carbocycles. The second-order valence-electron chi connectivity index (χ2n) is 5.21. The maximum Gasteiger partial charge on any atom is 0.256 e. The summed E-state index contributed by atoms with van der Waals surface area (Å²) in [6.07, 6.45) is 3.91. The van der Waals surface area contributed by atoms with Gasteiger partial charge in [0, 0.05) is 31.4 Å². The summed E-state index contributed by atoms with van der Waals surface area (Å²) in [7, 11) is 0. The number of hydrogen-bond acceptors (Lipinski definition) is 4. The van der Waals surface area contributed by atoms with Gasteiger partial charge < -0.3 is 15.3 Å². The van der Waals surface area contributed by atoms with E-state index in [9.17, 15) is 9.90 Å². The smallest absolute Gasteiger partial charge is 0.256 e. The van der Waals surface area contributed by atoms with Crippen LogP contribution in [0.2, 0.25) is 0 Å². The van der Waals surface area contributed by atoms with Crippen LogP contribution in [-0.4, -0.2) is 46.1 Å². The Morgan fingerprint density at radius 2 is 2.33 bits per heavy atom. The van der Waals surface area contributed by atoms with E-state index in [-0.39, 0.29) is 23.7 Å². The maximum absolute atomic E-state index is 12.5. The van der Waals surface area contributed by atoms with Gasteiger partial charge in [0.25, 0.3) is 5.91 Å². The van der Waals surface area contributed by atoms with Crippen LogP contribution in [0.5, 0.6) is 5.75 Å². The molecule has 0 aromatic carbocycles. The molecule has 2 N–H and O–H groups in total. The molecule has 18 heavy (non-hydrogen) atoms. The van der Waals surface area contributed by atoms with Gasteiger partial charge in [-0.2, -0.15) is 0 Å². The Morgan fingerprint density at radius 1 is 1.50 bits per heavy atom. The van der Waals surface area contributed by atoms with Crippen LogP contribution in [-0.2, 0) is 0 Å². The van der Waals surface area contributed by atoms with Gasteiger partial charge in [0.1, 0.15) is 5.75 Å². The monoisotopic (exact) mass is 247 g/mol. The molecule has 3 heterocycles. The van der Waals surface area contributed by atoms with Gasteiger partial charge in [-0.1, -0.05) is 0 Å². The molecular weight excluding hydrogens is 230 g/mol. The molecule has 5 heteroatoms. The van der Waals surface area contributed by atoms with Crippen molar-refractivity contribution in [2.24, 2.45) is 5.92 Å². The molecule has 1 amide bonds. The molecule has 1 aromatic rings. The molecule has 2 aliphatic rings. The summed E-state index contributed by atoms with van der Waals surface area (Å²) in [5.74, 6) is 0.574. The second kappa shape index (κ2) is 4.24. The van der Waals surface area contributed by atoms with E-state index in [1.165, 1.54) is 18.5 Å². The number of nitrogens with one attached hydrogen (secondary N) is 1. The maximum atomic E-state index is 12.5. The molecule has 3 unspecified atom stereocenters. The van der Waals surface area contributed by atoms with Crippen molar-refractivity contribution in [3.63, 3.8) is 0 Å². The third-order valence-electron chi connectivity index (χ3n) is 3.99. The van der Waals surface area contributed by atoms with E-state index in [1.54, 1.807) is 0 Å². The van der Waals surface area contributed by atoms with Crippen LogP contribution in [0.4, 0.5) is 0 Å². The SMILES string of the molecule is CC1CC2CNCC2N1C(=O)c1cncc(O)c1. The summed E-state index contributed by atoms with van der Waals surface area (Å²) in [5.41, 5.74) is 0.467. The lowest BCUT2D eigenvalue weighted by molar-refractivity contribution is 0.0681. The molecule has 0 spiro atoms. The first-order valence-corrected chi connectivity index (χ1v) is 6.34. The number of hydrogen-bond donors (Lipinski definition) is 2. The zero-order valence-corrected chi connectivity index (χ0v) is 10.3. The van der Waals surface area contributed by atoms with Crippen molar-refractivity contribution in [1.29, 1.82) is 0 Å². The minimum atomic E-state index is -0.0258. The third-order valence-corrected chi connectivity index (χ3v) is 3.99. The zero-order valence-electron chi connectivity index (χ0n) is 10.3. The summed E-state index contributed by atoms with van der Waals surface area (Å²) in [5, 5.41) is 12.7. The predicted molar refractivity (Wildman–Crippen MR) is 66.3 cm³/mol. The van der Waals surface area contributed by atoms with E-state index in [4.69, 9.17) is 0 Å². The first kappa shape index (κ1) is 11.5. The van der Waals surface area contributed by atoms with Crippen LogP contribution >= 0.6 is 0 Å². The topological polar surface area (TPSA) is 65.5 Å². The lowest BCUT2D eigenvalue weighted by Gasteiger charge is -2.27. The first-order chi connectivity index (χ1) is 8.66. The van der Waals surface area contributed by atoms with E-state index in [1.807, 2.05) is 4.90 Å². The number of carbonyl (C=O) groups excluding carboxylic acids is 1. The Kier molecular flexibility index (Phi) is 2.70. The Labute approximate surface area is 106 Å². The number of fused-ring (bicyclic) bond motifs is 1. The molecule has 3 atom stereocenters. The fourth-order valence-corrected chi connectivity index (χ4v) is 3.21. The van der Waals surface area contributed by atoms with Gasteiger partial charge in [0.15, 0.2) is 0 Å². The molecule has 2 saturated heterocycles. The molecule has 0 aliphatic carbocycles. The molecule has 2 fully saturated rings. The largest absolute Gasteiger partial charge is 0.506 e. The minimum Gasteiger partial charge on any atom is -0.506 e. The quantitative estimate of drug-likeness (QED) is 0.763. The van der Waals surface area contributed by atoms with E-state index >= 15 is 0 Å². The fourth-order valence-electron chi connectivity index (χ4n) is 3.21. The van der Waals surface area contributed by atoms with Crippen LogP contribution in [0.3, 0.4) is 0 Å². The lowest BCUT2D eigenvalue weighted by atomic mass is 10.0. The van der Waals surface area contributed by atoms with Crippen molar-refractivity contribution in [3.05, 3.63) is 24.0 Å². The minimum absolute atomic E-state index is 0.0258. The van der Waals surface area contributed by atoms with Gasteiger partial charge >= 0.3 is 0 Å². The summed E-state index contributed by atoms with van der Waals surface area (Å²) in [6.45, 7) is 3.95. The molecule has 0 bridgehead atoms. The van der Waals surface area contributed by atoms with Gasteiger partial charge in [-0.05, 0) is 25.3 Å². The standard InChI is InChI=1S/C13H17N3O2/c1-8-2-9-4-15-7-12(9)16(8)13(18)10-3-11(17)6-14-5-10/h3,5-6,8-9,12,15,17H,2,4,7H2,1H3. The second-order valence-corrected chi connectivity index (χ2v) is 5.21. The van der Waals surface area contributed by atoms with Gasteiger partial charge in [-0.3, -0.25) is 9.78 Å². The van der Waals surface area contributed by atoms with Crippen LogP contribution in [0.15, 0.2) is 18.5 Å². The first-order valence-electron chi connectivity index (χ1n) is 6.34. The van der Waals surface area contributed by atoms with E-state index in [0.29, 0.717) is 11.5 Å². The molecule has 3 rings (SSSR count). The highest BCUT2D eigenvalue weighted by atomic mass is 16.3. The highest BCUT2D eigenvalue weighted by molar-refractivity contribution is 5.95. The number of likely N-dealkylation sites (tertiary alicyclic amines) is 1. The summed E-state index contributed by atoms with van der Waals surface area (Å²) < 4.78 is 0. The van der Waals surface area contributed by atoms with Crippen molar-refractivity contribution in [2.45, 2.75) is 25.4 Å². The highest BCUT2D eigenvalue weighted by Crippen LogP contribution is 2.33. The number of amides is 1. The van der Waals surface area contributed by atoms with Gasteiger partial charge in [0.05, 0.1) is 11.8 Å². The fraction of sp³-hybridized carbons (Fsp3) is 0.538. The summed E-state index contributed by atoms with van der Waals surface area (Å²) in [4.78, 5) is 18.3. The van der Waals surface area contributed by atoms with E-state index < -0.39 is 0 Å². The van der Waals surface area contributed by atoms with Crippen molar-refractivity contribution in [3.8, 4) is 5.75 Å². The molecule has 96 valence electrons. The highest BCUT2D eigenvalue weighted by Gasteiger charge is 2.44. The Balaban J connectivity index is 1.87. The molecule has 5 nitrogen and oxygen atoms in total. The lowest BCUT2D eigenvalue weighted by Crippen LogP contribution is -2.42. The average molecular weight is 247 g/mol. The van der Waals surface area contributed by atoms with E-state index in [2.05, 4.69) is 17.2 Å². The zero-order chi connectivity index (χ0) is 12.7. The van der Waals surface area contributed by atoms with Crippen molar-refractivity contribution >= 4 is 5.91 Å². The molecule has 1 aromatic heterocycles. The van der Waals surface area contributed by atoms with Crippen LogP contribution < -0.4 is 5.32 Å². The number of nitrogens with zero attached hydrogens (tertiary/aromatic N) is 2. The predicted octanol–water partition coefficient (Wildman–Crippen LogP) is 0.610. The Hall–Kier alpha value is -1.62. The Morgan fingerprint density at radius 3 is 3.11 bits per heavy atom. The number of pyridine rings is 1. The summed E-state index contributed by atoms with van der Waals surface area (Å²) in [6, 6.07) is 2.03. The van der Waals surface area contributed by atoms with Crippen LogP contribution in [0, 0.1) is 5.92 Å². The van der Waals surface area contributed by atoms with Gasteiger partial charge in [-0.15, -0.1) is 0 Å². The number of rotatable bonds is 1. The Bertz CT molecular complexity index is 477.